The van der Waals surface area contributed by atoms with E-state index in [1.54, 1.807) is 6.20 Å². The van der Waals surface area contributed by atoms with Crippen molar-refractivity contribution in [3.63, 3.8) is 0 Å². The van der Waals surface area contributed by atoms with Gasteiger partial charge in [-0.25, -0.2) is 4.98 Å². The second-order valence-electron chi connectivity index (χ2n) is 3.53. The third-order valence-electron chi connectivity index (χ3n) is 2.20. The molecule has 0 amide bonds. The maximum absolute atomic E-state index is 4.50. The molecule has 0 unspecified atom stereocenters. The van der Waals surface area contributed by atoms with Gasteiger partial charge < -0.3 is 5.32 Å². The third-order valence-corrected chi connectivity index (χ3v) is 2.20. The summed E-state index contributed by atoms with van der Waals surface area (Å²) in [6.45, 7) is 3.12. The van der Waals surface area contributed by atoms with Crippen molar-refractivity contribution in [2.45, 2.75) is 32.1 Å². The minimum atomic E-state index is 0.691. The number of aromatic nitrogens is 2. The molecule has 1 aliphatic rings. The van der Waals surface area contributed by atoms with Gasteiger partial charge in [-0.15, -0.1) is 0 Å². The Morgan fingerprint density at radius 3 is 3.00 bits per heavy atom. The summed E-state index contributed by atoms with van der Waals surface area (Å²) in [5, 5.41) is 3.24. The minimum Gasteiger partial charge on any atom is -0.369 e. The van der Waals surface area contributed by atoms with E-state index in [1.165, 1.54) is 12.8 Å². The minimum absolute atomic E-state index is 0.691. The van der Waals surface area contributed by atoms with E-state index in [-0.39, 0.29) is 0 Å². The summed E-state index contributed by atoms with van der Waals surface area (Å²) in [5.41, 5.74) is 1.15. The van der Waals surface area contributed by atoms with Gasteiger partial charge in [-0.1, -0.05) is 6.92 Å². The third kappa shape index (κ3) is 2.17. The zero-order valence-electron chi connectivity index (χ0n) is 7.95. The lowest BCUT2D eigenvalue weighted by molar-refractivity contribution is 0.938. The Morgan fingerprint density at radius 1 is 1.46 bits per heavy atom. The largest absolute Gasteiger partial charge is 0.369 e. The number of hydrogen-bond donors (Lipinski definition) is 1. The van der Waals surface area contributed by atoms with Gasteiger partial charge in [0.1, 0.15) is 5.82 Å². The van der Waals surface area contributed by atoms with Crippen molar-refractivity contribution in [1.29, 1.82) is 0 Å². The molecule has 13 heavy (non-hydrogen) atoms. The molecule has 0 aromatic carbocycles. The van der Waals surface area contributed by atoms with Crippen molar-refractivity contribution >= 4 is 5.82 Å². The van der Waals surface area contributed by atoms with Gasteiger partial charge in [0.15, 0.2) is 0 Å². The van der Waals surface area contributed by atoms with Crippen molar-refractivity contribution in [2.24, 2.45) is 0 Å². The summed E-state index contributed by atoms with van der Waals surface area (Å²) < 4.78 is 0. The molecule has 1 heterocycles. The Kier molecular flexibility index (Phi) is 2.43. The molecule has 1 saturated carbocycles. The van der Waals surface area contributed by atoms with E-state index < -0.39 is 0 Å². The first-order chi connectivity index (χ1) is 6.40. The lowest BCUT2D eigenvalue weighted by Gasteiger charge is -2.04. The first-order valence-electron chi connectivity index (χ1n) is 4.96. The number of anilines is 1. The Bertz CT molecular complexity index is 281. The number of nitrogens with one attached hydrogen (secondary N) is 1. The molecule has 1 N–H and O–H groups in total. The van der Waals surface area contributed by atoms with E-state index in [9.17, 15) is 0 Å². The Balaban J connectivity index is 2.03. The zero-order chi connectivity index (χ0) is 9.10. The average molecular weight is 177 g/mol. The molecule has 3 nitrogen and oxygen atoms in total. The summed E-state index contributed by atoms with van der Waals surface area (Å²) in [4.78, 5) is 8.67. The molecule has 0 bridgehead atoms. The van der Waals surface area contributed by atoms with Crippen molar-refractivity contribution < 1.29 is 0 Å². The molecule has 2 rings (SSSR count). The van der Waals surface area contributed by atoms with Crippen LogP contribution in [0.25, 0.3) is 0 Å². The van der Waals surface area contributed by atoms with Gasteiger partial charge in [-0.2, -0.15) is 0 Å². The van der Waals surface area contributed by atoms with E-state index in [2.05, 4.69) is 22.2 Å². The van der Waals surface area contributed by atoms with Crippen LogP contribution in [0, 0.1) is 0 Å². The standard InChI is InChI=1S/C10H15N3/c1-2-5-12-10-7-11-6-9(13-10)8-3-4-8/h6-8H,2-5H2,1H3,(H,12,13). The predicted molar refractivity (Wildman–Crippen MR) is 52.8 cm³/mol. The molecule has 1 aromatic rings. The summed E-state index contributed by atoms with van der Waals surface area (Å²) in [6.07, 6.45) is 7.36. The van der Waals surface area contributed by atoms with Gasteiger partial charge in [-0.05, 0) is 19.3 Å². The van der Waals surface area contributed by atoms with Gasteiger partial charge in [0, 0.05) is 18.7 Å². The molecule has 0 atom stereocenters. The number of nitrogens with zero attached hydrogens (tertiary/aromatic N) is 2. The Hall–Kier alpha value is -1.12. The van der Waals surface area contributed by atoms with Gasteiger partial charge in [0.05, 0.1) is 11.9 Å². The van der Waals surface area contributed by atoms with E-state index >= 15 is 0 Å². The monoisotopic (exact) mass is 177 g/mol. The fourth-order valence-electron chi connectivity index (χ4n) is 1.30. The van der Waals surface area contributed by atoms with Crippen LogP contribution in [0.1, 0.15) is 37.8 Å². The normalized spacial score (nSPS) is 15.8. The fourth-order valence-corrected chi connectivity index (χ4v) is 1.30. The van der Waals surface area contributed by atoms with Crippen LogP contribution in [0.4, 0.5) is 5.82 Å². The average Bonchev–Trinajstić information content (AvgIpc) is 2.98. The first-order valence-corrected chi connectivity index (χ1v) is 4.96. The molecule has 1 aliphatic carbocycles. The highest BCUT2D eigenvalue weighted by Gasteiger charge is 2.25. The van der Waals surface area contributed by atoms with Gasteiger partial charge in [0.25, 0.3) is 0 Å². The van der Waals surface area contributed by atoms with E-state index in [1.807, 2.05) is 6.20 Å². The van der Waals surface area contributed by atoms with Crippen LogP contribution in [0.15, 0.2) is 12.4 Å². The Morgan fingerprint density at radius 2 is 2.31 bits per heavy atom. The van der Waals surface area contributed by atoms with Crippen molar-refractivity contribution in [1.82, 2.24) is 9.97 Å². The summed E-state index contributed by atoms with van der Waals surface area (Å²) in [6, 6.07) is 0. The van der Waals surface area contributed by atoms with Gasteiger partial charge >= 0.3 is 0 Å². The summed E-state index contributed by atoms with van der Waals surface area (Å²) in [7, 11) is 0. The molecule has 0 aliphatic heterocycles. The molecule has 0 spiro atoms. The SMILES string of the molecule is CCCNc1cncc(C2CC2)n1. The summed E-state index contributed by atoms with van der Waals surface area (Å²) >= 11 is 0. The zero-order valence-corrected chi connectivity index (χ0v) is 7.95. The quantitative estimate of drug-likeness (QED) is 0.766. The summed E-state index contributed by atoms with van der Waals surface area (Å²) in [5.74, 6) is 1.61. The van der Waals surface area contributed by atoms with Crippen LogP contribution in [-0.4, -0.2) is 16.5 Å². The molecular weight excluding hydrogens is 162 g/mol. The molecule has 1 fully saturated rings. The molecule has 0 radical (unpaired) electrons. The second-order valence-corrected chi connectivity index (χ2v) is 3.53. The molecule has 1 aromatic heterocycles. The smallest absolute Gasteiger partial charge is 0.144 e. The highest BCUT2D eigenvalue weighted by atomic mass is 15.0. The molecule has 70 valence electrons. The van der Waals surface area contributed by atoms with Crippen LogP contribution in [0.5, 0.6) is 0 Å². The Labute approximate surface area is 78.6 Å². The maximum Gasteiger partial charge on any atom is 0.144 e. The molecule has 3 heteroatoms. The van der Waals surface area contributed by atoms with E-state index in [0.29, 0.717) is 5.92 Å². The molecule has 0 saturated heterocycles. The lowest BCUT2D eigenvalue weighted by atomic mass is 10.3. The van der Waals surface area contributed by atoms with Crippen molar-refractivity contribution in [3.8, 4) is 0 Å². The van der Waals surface area contributed by atoms with Crippen molar-refractivity contribution in [2.75, 3.05) is 11.9 Å². The van der Waals surface area contributed by atoms with Crippen LogP contribution in [-0.2, 0) is 0 Å². The lowest BCUT2D eigenvalue weighted by Crippen LogP contribution is -2.03. The van der Waals surface area contributed by atoms with Gasteiger partial charge in [-0.3, -0.25) is 4.98 Å². The van der Waals surface area contributed by atoms with Crippen LogP contribution < -0.4 is 5.32 Å². The second kappa shape index (κ2) is 3.73. The van der Waals surface area contributed by atoms with E-state index in [0.717, 1.165) is 24.5 Å². The molecular formula is C10H15N3. The van der Waals surface area contributed by atoms with Crippen molar-refractivity contribution in [3.05, 3.63) is 18.1 Å². The number of hydrogen-bond acceptors (Lipinski definition) is 3. The van der Waals surface area contributed by atoms with Crippen LogP contribution in [0.3, 0.4) is 0 Å². The topological polar surface area (TPSA) is 37.8 Å². The van der Waals surface area contributed by atoms with Gasteiger partial charge in [0.2, 0.25) is 0 Å². The highest BCUT2D eigenvalue weighted by Crippen LogP contribution is 2.38. The van der Waals surface area contributed by atoms with Crippen LogP contribution >= 0.6 is 0 Å². The maximum atomic E-state index is 4.50. The first kappa shape index (κ1) is 8.48. The van der Waals surface area contributed by atoms with Crippen LogP contribution in [0.2, 0.25) is 0 Å². The van der Waals surface area contributed by atoms with E-state index in [4.69, 9.17) is 0 Å². The highest BCUT2D eigenvalue weighted by molar-refractivity contribution is 5.32. The fraction of sp³-hybridized carbons (Fsp3) is 0.600. The predicted octanol–water partition coefficient (Wildman–Crippen LogP) is 2.18. The number of rotatable bonds is 4.